The summed E-state index contributed by atoms with van der Waals surface area (Å²) in [5.74, 6) is 0. The molecule has 1 N–H and O–H groups in total. The lowest BCUT2D eigenvalue weighted by molar-refractivity contribution is 0.860. The highest BCUT2D eigenvalue weighted by atomic mass is 35.5. The van der Waals surface area contributed by atoms with Crippen molar-refractivity contribution in [1.29, 1.82) is 0 Å². The quantitative estimate of drug-likeness (QED) is 0.706. The standard InChI is InChI=1S/C10H12ClNS/c1-7-4-5-12-9-3-2-8(11)6-10(9)13-7/h2-3,6-7,12H,4-5H2,1H3. The molecular formula is C10H12ClNS. The van der Waals surface area contributed by atoms with E-state index in [0.717, 1.165) is 11.6 Å². The van der Waals surface area contributed by atoms with Crippen molar-refractivity contribution >= 4 is 29.1 Å². The Labute approximate surface area is 87.9 Å². The van der Waals surface area contributed by atoms with Gasteiger partial charge in [0.15, 0.2) is 0 Å². The van der Waals surface area contributed by atoms with Crippen molar-refractivity contribution in [2.45, 2.75) is 23.5 Å². The second kappa shape index (κ2) is 3.81. The largest absolute Gasteiger partial charge is 0.384 e. The fourth-order valence-corrected chi connectivity index (χ4v) is 2.79. The summed E-state index contributed by atoms with van der Waals surface area (Å²) >= 11 is 7.84. The first-order valence-electron chi connectivity index (χ1n) is 4.46. The number of hydrogen-bond donors (Lipinski definition) is 1. The third kappa shape index (κ3) is 2.12. The Morgan fingerprint density at radius 2 is 2.38 bits per heavy atom. The fourth-order valence-electron chi connectivity index (χ4n) is 1.43. The van der Waals surface area contributed by atoms with Crippen molar-refractivity contribution in [2.75, 3.05) is 11.9 Å². The van der Waals surface area contributed by atoms with Gasteiger partial charge in [0.05, 0.1) is 0 Å². The first kappa shape index (κ1) is 9.22. The van der Waals surface area contributed by atoms with E-state index in [2.05, 4.69) is 18.3 Å². The number of fused-ring (bicyclic) bond motifs is 1. The molecule has 0 spiro atoms. The molecule has 1 unspecified atom stereocenters. The van der Waals surface area contributed by atoms with E-state index in [1.165, 1.54) is 17.0 Å². The van der Waals surface area contributed by atoms with Gasteiger partial charge in [0.25, 0.3) is 0 Å². The SMILES string of the molecule is CC1CCNc2ccc(Cl)cc2S1. The Bertz CT molecular complexity index is 314. The maximum absolute atomic E-state index is 5.94. The third-order valence-corrected chi connectivity index (χ3v) is 3.60. The van der Waals surface area contributed by atoms with Gasteiger partial charge in [-0.1, -0.05) is 18.5 Å². The number of benzene rings is 1. The van der Waals surface area contributed by atoms with E-state index in [0.29, 0.717) is 5.25 Å². The molecule has 1 aliphatic rings. The van der Waals surface area contributed by atoms with Crippen molar-refractivity contribution < 1.29 is 0 Å². The molecule has 0 saturated carbocycles. The van der Waals surface area contributed by atoms with Crippen LogP contribution in [0.25, 0.3) is 0 Å². The second-order valence-corrected chi connectivity index (χ2v) is 5.20. The maximum atomic E-state index is 5.94. The van der Waals surface area contributed by atoms with Gasteiger partial charge in [0.2, 0.25) is 0 Å². The van der Waals surface area contributed by atoms with E-state index in [1.807, 2.05) is 23.9 Å². The summed E-state index contributed by atoms with van der Waals surface area (Å²) in [6.45, 7) is 3.31. The summed E-state index contributed by atoms with van der Waals surface area (Å²) in [6.07, 6.45) is 1.21. The topological polar surface area (TPSA) is 12.0 Å². The van der Waals surface area contributed by atoms with Crippen molar-refractivity contribution in [3.05, 3.63) is 23.2 Å². The zero-order valence-electron chi connectivity index (χ0n) is 7.51. The van der Waals surface area contributed by atoms with Crippen molar-refractivity contribution in [3.63, 3.8) is 0 Å². The van der Waals surface area contributed by atoms with E-state index in [4.69, 9.17) is 11.6 Å². The summed E-state index contributed by atoms with van der Waals surface area (Å²) in [4.78, 5) is 1.28. The van der Waals surface area contributed by atoms with E-state index >= 15 is 0 Å². The predicted octanol–water partition coefficient (Wildman–Crippen LogP) is 3.64. The van der Waals surface area contributed by atoms with Gasteiger partial charge < -0.3 is 5.32 Å². The third-order valence-electron chi connectivity index (χ3n) is 2.14. The van der Waals surface area contributed by atoms with Crippen LogP contribution in [0.3, 0.4) is 0 Å². The highest BCUT2D eigenvalue weighted by molar-refractivity contribution is 8.00. The smallest absolute Gasteiger partial charge is 0.0479 e. The summed E-state index contributed by atoms with van der Waals surface area (Å²) in [6, 6.07) is 6.03. The zero-order chi connectivity index (χ0) is 9.26. The molecule has 0 fully saturated rings. The number of anilines is 1. The molecule has 70 valence electrons. The van der Waals surface area contributed by atoms with Gasteiger partial charge in [0.1, 0.15) is 0 Å². The molecule has 1 aromatic carbocycles. The van der Waals surface area contributed by atoms with Crippen LogP contribution in [0.4, 0.5) is 5.69 Å². The Morgan fingerprint density at radius 3 is 3.23 bits per heavy atom. The molecule has 3 heteroatoms. The summed E-state index contributed by atoms with van der Waals surface area (Å²) in [7, 11) is 0. The monoisotopic (exact) mass is 213 g/mol. The Morgan fingerprint density at radius 1 is 1.54 bits per heavy atom. The van der Waals surface area contributed by atoms with E-state index in [1.54, 1.807) is 0 Å². The normalized spacial score (nSPS) is 21.5. The molecule has 0 saturated heterocycles. The number of halogens is 1. The van der Waals surface area contributed by atoms with Gasteiger partial charge in [-0.3, -0.25) is 0 Å². The number of thioether (sulfide) groups is 1. The molecule has 13 heavy (non-hydrogen) atoms. The molecule has 1 nitrogen and oxygen atoms in total. The van der Waals surface area contributed by atoms with Gasteiger partial charge >= 0.3 is 0 Å². The maximum Gasteiger partial charge on any atom is 0.0479 e. The van der Waals surface area contributed by atoms with E-state index < -0.39 is 0 Å². The van der Waals surface area contributed by atoms with Gasteiger partial charge in [-0.25, -0.2) is 0 Å². The van der Waals surface area contributed by atoms with Crippen LogP contribution in [0.5, 0.6) is 0 Å². The molecule has 2 rings (SSSR count). The molecular weight excluding hydrogens is 202 g/mol. The lowest BCUT2D eigenvalue weighted by Gasteiger charge is -2.07. The molecule has 0 radical (unpaired) electrons. The van der Waals surface area contributed by atoms with Crippen LogP contribution in [0.1, 0.15) is 13.3 Å². The zero-order valence-corrected chi connectivity index (χ0v) is 9.08. The van der Waals surface area contributed by atoms with Crippen LogP contribution >= 0.6 is 23.4 Å². The fraction of sp³-hybridized carbons (Fsp3) is 0.400. The van der Waals surface area contributed by atoms with Gasteiger partial charge in [-0.15, -0.1) is 11.8 Å². The van der Waals surface area contributed by atoms with Crippen LogP contribution in [0.2, 0.25) is 5.02 Å². The van der Waals surface area contributed by atoms with Gasteiger partial charge in [0, 0.05) is 27.4 Å². The van der Waals surface area contributed by atoms with Gasteiger partial charge in [-0.2, -0.15) is 0 Å². The summed E-state index contributed by atoms with van der Waals surface area (Å²) < 4.78 is 0. The van der Waals surface area contributed by atoms with Crippen molar-refractivity contribution in [1.82, 2.24) is 0 Å². The number of rotatable bonds is 0. The molecule has 1 aromatic rings. The second-order valence-electron chi connectivity index (χ2n) is 3.28. The first-order valence-corrected chi connectivity index (χ1v) is 5.71. The summed E-state index contributed by atoms with van der Waals surface area (Å²) in [5.41, 5.74) is 1.22. The lowest BCUT2D eigenvalue weighted by Crippen LogP contribution is -2.03. The predicted molar refractivity (Wildman–Crippen MR) is 59.9 cm³/mol. The average Bonchev–Trinajstić information content (AvgIpc) is 2.25. The average molecular weight is 214 g/mol. The Hall–Kier alpha value is -0.340. The molecule has 1 aliphatic heterocycles. The molecule has 1 heterocycles. The van der Waals surface area contributed by atoms with Crippen LogP contribution < -0.4 is 5.32 Å². The molecule has 1 atom stereocenters. The van der Waals surface area contributed by atoms with Gasteiger partial charge in [-0.05, 0) is 24.6 Å². The Kier molecular flexibility index (Phi) is 2.70. The number of nitrogens with one attached hydrogen (secondary N) is 1. The minimum atomic E-state index is 0.673. The highest BCUT2D eigenvalue weighted by Crippen LogP contribution is 2.35. The highest BCUT2D eigenvalue weighted by Gasteiger charge is 2.12. The molecule has 0 bridgehead atoms. The van der Waals surface area contributed by atoms with Crippen LogP contribution in [0, 0.1) is 0 Å². The van der Waals surface area contributed by atoms with E-state index in [-0.39, 0.29) is 0 Å². The number of hydrogen-bond acceptors (Lipinski definition) is 2. The van der Waals surface area contributed by atoms with Crippen LogP contribution in [-0.4, -0.2) is 11.8 Å². The molecule has 0 amide bonds. The van der Waals surface area contributed by atoms with Crippen molar-refractivity contribution in [2.24, 2.45) is 0 Å². The summed E-state index contributed by atoms with van der Waals surface area (Å²) in [5, 5.41) is 4.90. The minimum absolute atomic E-state index is 0.673. The Balaban J connectivity index is 2.35. The first-order chi connectivity index (χ1) is 6.25. The van der Waals surface area contributed by atoms with Crippen molar-refractivity contribution in [3.8, 4) is 0 Å². The molecule has 0 aromatic heterocycles. The lowest BCUT2D eigenvalue weighted by atomic mass is 10.3. The van der Waals surface area contributed by atoms with Crippen LogP contribution in [-0.2, 0) is 0 Å². The van der Waals surface area contributed by atoms with Crippen LogP contribution in [0.15, 0.2) is 23.1 Å². The van der Waals surface area contributed by atoms with E-state index in [9.17, 15) is 0 Å². The molecule has 0 aliphatic carbocycles. The minimum Gasteiger partial charge on any atom is -0.384 e.